The number of para-hydroxylation sites is 1. The number of methoxy groups -OCH3 is 1. The fraction of sp³-hybridized carbons (Fsp3) is 0.233. The highest BCUT2D eigenvalue weighted by Gasteiger charge is 2.26. The molecule has 0 saturated carbocycles. The van der Waals surface area contributed by atoms with E-state index in [2.05, 4.69) is 0 Å². The van der Waals surface area contributed by atoms with Crippen LogP contribution in [-0.2, 0) is 9.53 Å². The van der Waals surface area contributed by atoms with E-state index in [-0.39, 0.29) is 11.5 Å². The van der Waals surface area contributed by atoms with E-state index in [1.807, 2.05) is 87.5 Å². The van der Waals surface area contributed by atoms with Crippen molar-refractivity contribution in [2.24, 2.45) is 0 Å². The predicted molar refractivity (Wildman–Crippen MR) is 144 cm³/mol. The van der Waals surface area contributed by atoms with Crippen LogP contribution in [0.2, 0.25) is 0 Å². The van der Waals surface area contributed by atoms with E-state index in [1.165, 1.54) is 0 Å². The number of carbonyl (C=O) groups excluding carboxylic acids is 1. The summed E-state index contributed by atoms with van der Waals surface area (Å²) in [5.74, 6) is 0.317. The summed E-state index contributed by atoms with van der Waals surface area (Å²) in [6, 6.07) is 22.4. The van der Waals surface area contributed by atoms with Crippen LogP contribution in [0.3, 0.4) is 0 Å². The fourth-order valence-corrected chi connectivity index (χ4v) is 4.20. The van der Waals surface area contributed by atoms with Crippen LogP contribution in [0.25, 0.3) is 22.7 Å². The summed E-state index contributed by atoms with van der Waals surface area (Å²) in [4.78, 5) is 33.7. The van der Waals surface area contributed by atoms with E-state index in [1.54, 1.807) is 34.8 Å². The summed E-state index contributed by atoms with van der Waals surface area (Å²) in [5, 5.41) is 0.533. The molecule has 3 aromatic carbocycles. The minimum Gasteiger partial charge on any atom is -0.383 e. The Bertz CT molecular complexity index is 1460. The van der Waals surface area contributed by atoms with Gasteiger partial charge in [-0.2, -0.15) is 0 Å². The molecule has 4 aromatic rings. The minimum absolute atomic E-state index is 0.162. The van der Waals surface area contributed by atoms with Gasteiger partial charge >= 0.3 is 0 Å². The molecular formula is C30H31N3O3. The van der Waals surface area contributed by atoms with Crippen LogP contribution in [0.15, 0.2) is 83.7 Å². The van der Waals surface area contributed by atoms with Gasteiger partial charge in [0.2, 0.25) is 5.91 Å². The molecule has 0 saturated heterocycles. The first-order valence-electron chi connectivity index (χ1n) is 12.0. The van der Waals surface area contributed by atoms with Crippen molar-refractivity contribution in [3.8, 4) is 5.69 Å². The molecule has 0 N–H and O–H groups in total. The van der Waals surface area contributed by atoms with Crippen molar-refractivity contribution in [1.82, 2.24) is 14.5 Å². The molecule has 0 aliphatic rings. The largest absolute Gasteiger partial charge is 0.383 e. The molecule has 6 nitrogen and oxygen atoms in total. The van der Waals surface area contributed by atoms with E-state index < -0.39 is 6.04 Å². The molecule has 0 fully saturated rings. The number of rotatable bonds is 8. The molecule has 0 aliphatic carbocycles. The second-order valence-corrected chi connectivity index (χ2v) is 8.84. The van der Waals surface area contributed by atoms with Gasteiger partial charge < -0.3 is 9.64 Å². The lowest BCUT2D eigenvalue weighted by Gasteiger charge is -2.29. The summed E-state index contributed by atoms with van der Waals surface area (Å²) in [6.45, 7) is 6.67. The molecule has 1 unspecified atom stereocenters. The Hall–Kier alpha value is -4.03. The SMILES string of the molecule is COCCN(C(=O)/C=C/c1ccccc1)C(C)c1nc2ccccc2c(=O)n1-c1ccc(C)c(C)c1. The van der Waals surface area contributed by atoms with Gasteiger partial charge in [-0.25, -0.2) is 4.98 Å². The first kappa shape index (κ1) is 25.1. The number of hydrogen-bond acceptors (Lipinski definition) is 4. The third-order valence-corrected chi connectivity index (χ3v) is 6.43. The van der Waals surface area contributed by atoms with E-state index in [9.17, 15) is 9.59 Å². The summed E-state index contributed by atoms with van der Waals surface area (Å²) < 4.78 is 6.93. The first-order valence-corrected chi connectivity index (χ1v) is 12.0. The summed E-state index contributed by atoms with van der Waals surface area (Å²) in [5.41, 5.74) is 4.30. The van der Waals surface area contributed by atoms with Crippen LogP contribution in [0.1, 0.15) is 35.5 Å². The molecule has 4 rings (SSSR count). The predicted octanol–water partition coefficient (Wildman–Crippen LogP) is 5.25. The van der Waals surface area contributed by atoms with Crippen molar-refractivity contribution in [3.63, 3.8) is 0 Å². The lowest BCUT2D eigenvalue weighted by Crippen LogP contribution is -2.38. The van der Waals surface area contributed by atoms with Gasteiger partial charge in [-0.05, 0) is 67.8 Å². The van der Waals surface area contributed by atoms with E-state index >= 15 is 0 Å². The minimum atomic E-state index is -0.494. The van der Waals surface area contributed by atoms with Gasteiger partial charge in [0.25, 0.3) is 5.56 Å². The van der Waals surface area contributed by atoms with Crippen molar-refractivity contribution >= 4 is 22.9 Å². The summed E-state index contributed by atoms with van der Waals surface area (Å²) in [7, 11) is 1.60. The zero-order chi connectivity index (χ0) is 25.7. The van der Waals surface area contributed by atoms with Crippen molar-refractivity contribution in [1.29, 1.82) is 0 Å². The lowest BCUT2D eigenvalue weighted by atomic mass is 10.1. The van der Waals surface area contributed by atoms with Crippen LogP contribution in [0.5, 0.6) is 0 Å². The van der Waals surface area contributed by atoms with Crippen LogP contribution in [0.4, 0.5) is 0 Å². The summed E-state index contributed by atoms with van der Waals surface area (Å²) in [6.07, 6.45) is 3.35. The Kier molecular flexibility index (Phi) is 7.76. The van der Waals surface area contributed by atoms with Gasteiger partial charge in [0.05, 0.1) is 29.2 Å². The Morgan fingerprint density at radius 3 is 2.47 bits per heavy atom. The fourth-order valence-electron chi connectivity index (χ4n) is 4.20. The Morgan fingerprint density at radius 2 is 1.75 bits per heavy atom. The average Bonchev–Trinajstić information content (AvgIpc) is 2.90. The Labute approximate surface area is 211 Å². The molecule has 6 heteroatoms. The molecule has 1 aromatic heterocycles. The topological polar surface area (TPSA) is 64.4 Å². The number of hydrogen-bond donors (Lipinski definition) is 0. The molecule has 0 bridgehead atoms. The molecule has 184 valence electrons. The maximum Gasteiger partial charge on any atom is 0.266 e. The van der Waals surface area contributed by atoms with Gasteiger partial charge in [0.1, 0.15) is 5.82 Å². The molecule has 1 heterocycles. The Morgan fingerprint density at radius 1 is 1.03 bits per heavy atom. The summed E-state index contributed by atoms with van der Waals surface area (Å²) >= 11 is 0. The van der Waals surface area contributed by atoms with Gasteiger partial charge in [0, 0.05) is 19.7 Å². The van der Waals surface area contributed by atoms with Crippen molar-refractivity contribution in [2.45, 2.75) is 26.8 Å². The van der Waals surface area contributed by atoms with E-state index in [0.717, 1.165) is 22.4 Å². The third-order valence-electron chi connectivity index (χ3n) is 6.43. The number of nitrogens with zero attached hydrogens (tertiary/aromatic N) is 3. The number of benzene rings is 3. The molecular weight excluding hydrogens is 450 g/mol. The monoisotopic (exact) mass is 481 g/mol. The second-order valence-electron chi connectivity index (χ2n) is 8.84. The maximum atomic E-state index is 13.7. The van der Waals surface area contributed by atoms with Crippen LogP contribution in [-0.4, -0.2) is 40.6 Å². The highest BCUT2D eigenvalue weighted by molar-refractivity contribution is 5.92. The molecule has 1 amide bonds. The Balaban J connectivity index is 1.84. The quantitative estimate of drug-likeness (QED) is 0.322. The molecule has 0 aliphatic heterocycles. The van der Waals surface area contributed by atoms with Crippen LogP contribution in [0, 0.1) is 13.8 Å². The van der Waals surface area contributed by atoms with E-state index in [4.69, 9.17) is 9.72 Å². The van der Waals surface area contributed by atoms with Gasteiger partial charge in [-0.15, -0.1) is 0 Å². The normalized spacial score (nSPS) is 12.2. The van der Waals surface area contributed by atoms with Crippen LogP contribution < -0.4 is 5.56 Å². The maximum absolute atomic E-state index is 13.7. The second kappa shape index (κ2) is 11.1. The van der Waals surface area contributed by atoms with Crippen molar-refractivity contribution in [3.05, 3.63) is 112 Å². The van der Waals surface area contributed by atoms with E-state index in [0.29, 0.717) is 29.9 Å². The smallest absolute Gasteiger partial charge is 0.266 e. The highest BCUT2D eigenvalue weighted by atomic mass is 16.5. The highest BCUT2D eigenvalue weighted by Crippen LogP contribution is 2.24. The number of amides is 1. The van der Waals surface area contributed by atoms with Crippen molar-refractivity contribution in [2.75, 3.05) is 20.3 Å². The average molecular weight is 482 g/mol. The number of fused-ring (bicyclic) bond motifs is 1. The first-order chi connectivity index (χ1) is 17.4. The molecule has 0 radical (unpaired) electrons. The lowest BCUT2D eigenvalue weighted by molar-refractivity contribution is -0.129. The number of aryl methyl sites for hydroxylation is 2. The third kappa shape index (κ3) is 5.29. The molecule has 0 spiro atoms. The van der Waals surface area contributed by atoms with Crippen molar-refractivity contribution < 1.29 is 9.53 Å². The number of aromatic nitrogens is 2. The zero-order valence-corrected chi connectivity index (χ0v) is 21.1. The van der Waals surface area contributed by atoms with Gasteiger partial charge in [-0.1, -0.05) is 48.5 Å². The van der Waals surface area contributed by atoms with Gasteiger partial charge in [-0.3, -0.25) is 14.2 Å². The van der Waals surface area contributed by atoms with Crippen LogP contribution >= 0.6 is 0 Å². The molecule has 36 heavy (non-hydrogen) atoms. The number of ether oxygens (including phenoxy) is 1. The molecule has 1 atom stereocenters. The number of carbonyl (C=O) groups is 1. The standard InChI is InChI=1S/C30H31N3O3/c1-21-14-16-25(20-22(21)2)33-29(31-27-13-9-8-12-26(27)30(33)35)23(3)32(18-19-36-4)28(34)17-15-24-10-6-5-7-11-24/h5-17,20,23H,18-19H2,1-4H3/b17-15+. The van der Waals surface area contributed by atoms with Gasteiger partial charge in [0.15, 0.2) is 0 Å². The zero-order valence-electron chi connectivity index (χ0n) is 21.1.